The third-order valence-corrected chi connectivity index (χ3v) is 6.02. The molecule has 0 fully saturated rings. The fraction of sp³-hybridized carbons (Fsp3) is 0.348. The fourth-order valence-corrected chi connectivity index (χ4v) is 3.90. The Kier molecular flexibility index (Phi) is 10.1. The van der Waals surface area contributed by atoms with E-state index in [1.165, 1.54) is 49.2 Å². The molecular formula is C23H27IOS. The number of rotatable bonds is 11. The summed E-state index contributed by atoms with van der Waals surface area (Å²) < 4.78 is 1.14. The molecule has 0 amide bonds. The largest absolute Gasteiger partial charge is 0.289 e. The van der Waals surface area contributed by atoms with Gasteiger partial charge in [-0.15, -0.1) is 11.8 Å². The van der Waals surface area contributed by atoms with Crippen LogP contribution in [0.15, 0.2) is 59.5 Å². The summed E-state index contributed by atoms with van der Waals surface area (Å²) in [5.74, 6) is 1.23. The van der Waals surface area contributed by atoms with E-state index in [-0.39, 0.29) is 5.78 Å². The second-order valence-corrected chi connectivity index (χ2v) is 8.80. The number of carbonyl (C=O) groups is 1. The molecule has 0 saturated carbocycles. The molecule has 0 bridgehead atoms. The van der Waals surface area contributed by atoms with Gasteiger partial charge in [0, 0.05) is 14.0 Å². The molecule has 26 heavy (non-hydrogen) atoms. The van der Waals surface area contributed by atoms with Crippen molar-refractivity contribution in [3.63, 3.8) is 0 Å². The number of benzene rings is 2. The highest BCUT2D eigenvalue weighted by Crippen LogP contribution is 2.21. The van der Waals surface area contributed by atoms with E-state index in [1.807, 2.05) is 42.1 Å². The van der Waals surface area contributed by atoms with Crippen molar-refractivity contribution in [2.45, 2.75) is 50.3 Å². The number of thioether (sulfide) groups is 1. The SMILES string of the molecule is CCCCCCCCSc1ccc(C=CC(=O)c2ccc(I)cc2)cc1. The molecule has 2 aromatic carbocycles. The lowest BCUT2D eigenvalue weighted by atomic mass is 10.1. The molecule has 0 spiro atoms. The first-order valence-corrected chi connectivity index (χ1v) is 11.5. The van der Waals surface area contributed by atoms with Gasteiger partial charge in [-0.05, 0) is 70.7 Å². The van der Waals surface area contributed by atoms with Gasteiger partial charge in [-0.3, -0.25) is 4.79 Å². The van der Waals surface area contributed by atoms with E-state index in [9.17, 15) is 4.79 Å². The van der Waals surface area contributed by atoms with Crippen molar-refractivity contribution in [1.82, 2.24) is 0 Å². The van der Waals surface area contributed by atoms with Gasteiger partial charge >= 0.3 is 0 Å². The molecule has 3 heteroatoms. The maximum Gasteiger partial charge on any atom is 0.185 e. The average molecular weight is 478 g/mol. The number of carbonyl (C=O) groups excluding carboxylic acids is 1. The number of hydrogen-bond donors (Lipinski definition) is 0. The minimum atomic E-state index is 0.0444. The van der Waals surface area contributed by atoms with Crippen molar-refractivity contribution in [3.05, 3.63) is 69.3 Å². The summed E-state index contributed by atoms with van der Waals surface area (Å²) in [5.41, 5.74) is 1.79. The van der Waals surface area contributed by atoms with Crippen LogP contribution in [0.5, 0.6) is 0 Å². The molecule has 0 atom stereocenters. The summed E-state index contributed by atoms with van der Waals surface area (Å²) in [6.45, 7) is 2.26. The Bertz CT molecular complexity index is 689. The Morgan fingerprint density at radius 2 is 1.58 bits per heavy atom. The highest BCUT2D eigenvalue weighted by Gasteiger charge is 2.01. The molecule has 0 unspecified atom stereocenters. The van der Waals surface area contributed by atoms with Crippen LogP contribution < -0.4 is 0 Å². The van der Waals surface area contributed by atoms with E-state index in [0.717, 1.165) is 14.7 Å². The standard InChI is InChI=1S/C23H27IOS/c1-2-3-4-5-6-7-18-26-22-15-8-19(9-16-22)10-17-23(25)20-11-13-21(24)14-12-20/h8-17H,2-7,18H2,1H3. The smallest absolute Gasteiger partial charge is 0.185 e. The van der Waals surface area contributed by atoms with Crippen LogP contribution in [0.4, 0.5) is 0 Å². The first-order valence-electron chi connectivity index (χ1n) is 9.40. The Labute approximate surface area is 175 Å². The van der Waals surface area contributed by atoms with Crippen molar-refractivity contribution in [3.8, 4) is 0 Å². The maximum absolute atomic E-state index is 12.2. The van der Waals surface area contributed by atoms with Gasteiger partial charge in [0.05, 0.1) is 0 Å². The number of hydrogen-bond acceptors (Lipinski definition) is 2. The van der Waals surface area contributed by atoms with Gasteiger partial charge in [0.15, 0.2) is 5.78 Å². The highest BCUT2D eigenvalue weighted by molar-refractivity contribution is 14.1. The normalized spacial score (nSPS) is 11.2. The molecule has 1 nitrogen and oxygen atoms in total. The first-order chi connectivity index (χ1) is 12.7. The van der Waals surface area contributed by atoms with E-state index in [2.05, 4.69) is 53.8 Å². The molecular weight excluding hydrogens is 451 g/mol. The molecule has 2 rings (SSSR count). The summed E-state index contributed by atoms with van der Waals surface area (Å²) in [4.78, 5) is 13.5. The zero-order valence-electron chi connectivity index (χ0n) is 15.4. The summed E-state index contributed by atoms with van der Waals surface area (Å²) in [6, 6.07) is 16.1. The van der Waals surface area contributed by atoms with Crippen LogP contribution in [0, 0.1) is 3.57 Å². The van der Waals surface area contributed by atoms with Gasteiger partial charge in [-0.25, -0.2) is 0 Å². The topological polar surface area (TPSA) is 17.1 Å². The zero-order chi connectivity index (χ0) is 18.6. The first kappa shape index (κ1) is 21.2. The second kappa shape index (κ2) is 12.3. The van der Waals surface area contributed by atoms with Gasteiger partial charge in [0.2, 0.25) is 0 Å². The van der Waals surface area contributed by atoms with Gasteiger partial charge < -0.3 is 0 Å². The van der Waals surface area contributed by atoms with E-state index >= 15 is 0 Å². The molecule has 0 aromatic heterocycles. The average Bonchev–Trinajstić information content (AvgIpc) is 2.67. The van der Waals surface area contributed by atoms with Crippen LogP contribution >= 0.6 is 34.4 Å². The molecule has 0 saturated heterocycles. The second-order valence-electron chi connectivity index (χ2n) is 6.39. The Hall–Kier alpha value is -1.07. The van der Waals surface area contributed by atoms with E-state index in [4.69, 9.17) is 0 Å². The summed E-state index contributed by atoms with van der Waals surface area (Å²) in [7, 11) is 0. The van der Waals surface area contributed by atoms with Crippen molar-refractivity contribution in [1.29, 1.82) is 0 Å². The Morgan fingerprint density at radius 3 is 2.27 bits per heavy atom. The molecule has 138 valence electrons. The highest BCUT2D eigenvalue weighted by atomic mass is 127. The minimum absolute atomic E-state index is 0.0444. The van der Waals surface area contributed by atoms with Crippen LogP contribution in [0.2, 0.25) is 0 Å². The monoisotopic (exact) mass is 478 g/mol. The minimum Gasteiger partial charge on any atom is -0.289 e. The molecule has 0 aliphatic carbocycles. The van der Waals surface area contributed by atoms with E-state index in [0.29, 0.717) is 0 Å². The van der Waals surface area contributed by atoms with E-state index < -0.39 is 0 Å². The third kappa shape index (κ3) is 8.09. The van der Waals surface area contributed by atoms with Crippen molar-refractivity contribution in [2.24, 2.45) is 0 Å². The molecule has 2 aromatic rings. The molecule has 0 heterocycles. The van der Waals surface area contributed by atoms with Crippen molar-refractivity contribution >= 4 is 46.2 Å². The number of ketones is 1. The lowest BCUT2D eigenvalue weighted by Crippen LogP contribution is -1.93. The number of allylic oxidation sites excluding steroid dienone is 1. The molecule has 0 aliphatic heterocycles. The van der Waals surface area contributed by atoms with Crippen LogP contribution in [-0.2, 0) is 0 Å². The summed E-state index contributed by atoms with van der Waals surface area (Å²) in [6.07, 6.45) is 11.6. The van der Waals surface area contributed by atoms with Gasteiger partial charge in [-0.1, -0.05) is 69.4 Å². The Balaban J connectivity index is 1.74. The molecule has 0 radical (unpaired) electrons. The lowest BCUT2D eigenvalue weighted by Gasteiger charge is -2.03. The summed E-state index contributed by atoms with van der Waals surface area (Å²) in [5, 5.41) is 0. The van der Waals surface area contributed by atoms with Crippen molar-refractivity contribution in [2.75, 3.05) is 5.75 Å². The predicted molar refractivity (Wildman–Crippen MR) is 123 cm³/mol. The maximum atomic E-state index is 12.2. The zero-order valence-corrected chi connectivity index (χ0v) is 18.4. The van der Waals surface area contributed by atoms with Crippen LogP contribution in [0.25, 0.3) is 6.08 Å². The third-order valence-electron chi connectivity index (χ3n) is 4.20. The van der Waals surface area contributed by atoms with Crippen LogP contribution in [0.1, 0.15) is 61.4 Å². The summed E-state index contributed by atoms with van der Waals surface area (Å²) >= 11 is 4.16. The molecule has 0 aliphatic rings. The number of unbranched alkanes of at least 4 members (excludes halogenated alkanes) is 5. The van der Waals surface area contributed by atoms with Crippen LogP contribution in [-0.4, -0.2) is 11.5 Å². The lowest BCUT2D eigenvalue weighted by molar-refractivity contribution is 0.104. The number of halogens is 1. The fourth-order valence-electron chi connectivity index (χ4n) is 2.63. The quantitative estimate of drug-likeness (QED) is 0.109. The predicted octanol–water partition coefficient (Wildman–Crippen LogP) is 7.64. The van der Waals surface area contributed by atoms with Gasteiger partial charge in [0.25, 0.3) is 0 Å². The van der Waals surface area contributed by atoms with Gasteiger partial charge in [-0.2, -0.15) is 0 Å². The molecule has 0 N–H and O–H groups in total. The Morgan fingerprint density at radius 1 is 0.923 bits per heavy atom. The van der Waals surface area contributed by atoms with Crippen molar-refractivity contribution < 1.29 is 4.79 Å². The van der Waals surface area contributed by atoms with E-state index in [1.54, 1.807) is 6.08 Å². The van der Waals surface area contributed by atoms with Crippen LogP contribution in [0.3, 0.4) is 0 Å². The van der Waals surface area contributed by atoms with Gasteiger partial charge in [0.1, 0.15) is 0 Å².